The summed E-state index contributed by atoms with van der Waals surface area (Å²) in [7, 11) is -4.13. The van der Waals surface area contributed by atoms with E-state index in [0.717, 1.165) is 6.20 Å². The molecule has 8 nitrogen and oxygen atoms in total. The van der Waals surface area contributed by atoms with Crippen LogP contribution in [0.25, 0.3) is 0 Å². The first kappa shape index (κ1) is 13.6. The summed E-state index contributed by atoms with van der Waals surface area (Å²) < 4.78 is 26.1. The van der Waals surface area contributed by atoms with Gasteiger partial charge in [0.1, 0.15) is 0 Å². The van der Waals surface area contributed by atoms with Crippen LogP contribution in [0.1, 0.15) is 5.56 Å². The fourth-order valence-corrected chi connectivity index (χ4v) is 2.49. The highest BCUT2D eigenvalue weighted by molar-refractivity contribution is 7.92. The molecule has 0 spiro atoms. The molecule has 1 aromatic carbocycles. The van der Waals surface area contributed by atoms with Crippen LogP contribution in [0.2, 0.25) is 0 Å². The largest absolute Gasteiger partial charge is 0.325 e. The molecule has 0 fully saturated rings. The van der Waals surface area contributed by atoms with Gasteiger partial charge in [-0.15, -0.1) is 0 Å². The molecule has 102 valence electrons. The Morgan fingerprint density at radius 2 is 1.80 bits per heavy atom. The van der Waals surface area contributed by atoms with Gasteiger partial charge in [0, 0.05) is 11.9 Å². The Kier molecular flexibility index (Phi) is 3.41. The van der Waals surface area contributed by atoms with Crippen molar-refractivity contribution in [1.82, 2.24) is 9.97 Å². The van der Waals surface area contributed by atoms with E-state index in [1.165, 1.54) is 24.3 Å². The SMILES string of the molecule is N#Cc1ccc(NS(=O)(=O)c2c[nH]c(=O)[nH]c2=O)cc1. The number of nitrogens with one attached hydrogen (secondary N) is 3. The summed E-state index contributed by atoms with van der Waals surface area (Å²) in [5.74, 6) is 0. The van der Waals surface area contributed by atoms with Crippen molar-refractivity contribution in [2.24, 2.45) is 0 Å². The Morgan fingerprint density at radius 3 is 2.35 bits per heavy atom. The minimum atomic E-state index is -4.13. The molecule has 0 bridgehead atoms. The van der Waals surface area contributed by atoms with Crippen molar-refractivity contribution in [3.63, 3.8) is 0 Å². The number of aromatic amines is 2. The fraction of sp³-hybridized carbons (Fsp3) is 0. The summed E-state index contributed by atoms with van der Waals surface area (Å²) in [6.45, 7) is 0. The lowest BCUT2D eigenvalue weighted by Gasteiger charge is -2.06. The van der Waals surface area contributed by atoms with Gasteiger partial charge in [0.05, 0.1) is 11.6 Å². The topological polar surface area (TPSA) is 136 Å². The number of sulfonamides is 1. The van der Waals surface area contributed by atoms with Crippen LogP contribution in [0.15, 0.2) is 44.9 Å². The normalized spacial score (nSPS) is 10.8. The van der Waals surface area contributed by atoms with Gasteiger partial charge < -0.3 is 4.98 Å². The van der Waals surface area contributed by atoms with Crippen LogP contribution in [0.3, 0.4) is 0 Å². The van der Waals surface area contributed by atoms with E-state index in [1.54, 1.807) is 0 Å². The molecule has 1 heterocycles. The zero-order chi connectivity index (χ0) is 14.8. The van der Waals surface area contributed by atoms with Gasteiger partial charge in [0.2, 0.25) is 0 Å². The predicted octanol–water partition coefficient (Wildman–Crippen LogP) is -0.264. The summed E-state index contributed by atoms with van der Waals surface area (Å²) in [5, 5.41) is 8.63. The molecule has 0 amide bonds. The average molecular weight is 292 g/mol. The lowest BCUT2D eigenvalue weighted by Crippen LogP contribution is -2.29. The number of nitriles is 1. The van der Waals surface area contributed by atoms with E-state index in [9.17, 15) is 18.0 Å². The van der Waals surface area contributed by atoms with Crippen LogP contribution in [0.5, 0.6) is 0 Å². The summed E-state index contributed by atoms with van der Waals surface area (Å²) in [5.41, 5.74) is -1.26. The van der Waals surface area contributed by atoms with Gasteiger partial charge >= 0.3 is 5.69 Å². The highest BCUT2D eigenvalue weighted by Gasteiger charge is 2.18. The van der Waals surface area contributed by atoms with Crippen LogP contribution in [-0.2, 0) is 10.0 Å². The number of hydrogen-bond donors (Lipinski definition) is 3. The molecule has 0 atom stereocenters. The minimum absolute atomic E-state index is 0.189. The Morgan fingerprint density at radius 1 is 1.15 bits per heavy atom. The summed E-state index contributed by atoms with van der Waals surface area (Å²) >= 11 is 0. The lowest BCUT2D eigenvalue weighted by molar-refractivity contribution is 0.599. The number of nitrogens with zero attached hydrogens (tertiary/aromatic N) is 1. The molecule has 0 radical (unpaired) electrons. The summed E-state index contributed by atoms with van der Waals surface area (Å²) in [6.07, 6.45) is 0.813. The monoisotopic (exact) mass is 292 g/mol. The second-order valence-electron chi connectivity index (χ2n) is 3.73. The van der Waals surface area contributed by atoms with Crippen molar-refractivity contribution in [3.05, 3.63) is 56.9 Å². The van der Waals surface area contributed by atoms with Crippen molar-refractivity contribution in [1.29, 1.82) is 5.26 Å². The number of benzene rings is 1. The Hall–Kier alpha value is -2.86. The second kappa shape index (κ2) is 5.02. The van der Waals surface area contributed by atoms with Crippen LogP contribution in [-0.4, -0.2) is 18.4 Å². The third kappa shape index (κ3) is 2.76. The zero-order valence-corrected chi connectivity index (χ0v) is 10.7. The number of hydrogen-bond acceptors (Lipinski definition) is 5. The van der Waals surface area contributed by atoms with Crippen LogP contribution >= 0.6 is 0 Å². The molecule has 0 saturated heterocycles. The minimum Gasteiger partial charge on any atom is -0.313 e. The first-order valence-electron chi connectivity index (χ1n) is 5.27. The molecule has 1 aromatic heterocycles. The number of anilines is 1. The molecule has 20 heavy (non-hydrogen) atoms. The standard InChI is InChI=1S/C11H8N4O4S/c12-5-7-1-3-8(4-2-7)15-20(18,19)9-6-13-11(17)14-10(9)16/h1-4,6,15H,(H2,13,14,16,17). The van der Waals surface area contributed by atoms with Gasteiger partial charge in [0.15, 0.2) is 4.90 Å². The smallest absolute Gasteiger partial charge is 0.313 e. The molecule has 0 aliphatic rings. The van der Waals surface area contributed by atoms with Crippen molar-refractivity contribution >= 4 is 15.7 Å². The molecule has 0 saturated carbocycles. The molecule has 0 aliphatic carbocycles. The maximum absolute atomic E-state index is 12.0. The van der Waals surface area contributed by atoms with E-state index >= 15 is 0 Å². The average Bonchev–Trinajstić information content (AvgIpc) is 2.38. The first-order valence-corrected chi connectivity index (χ1v) is 6.76. The van der Waals surface area contributed by atoms with Crippen LogP contribution in [0.4, 0.5) is 5.69 Å². The maximum Gasteiger partial charge on any atom is 0.325 e. The van der Waals surface area contributed by atoms with Gasteiger partial charge in [-0.05, 0) is 24.3 Å². The van der Waals surface area contributed by atoms with Gasteiger partial charge in [-0.3, -0.25) is 14.5 Å². The third-order valence-electron chi connectivity index (χ3n) is 2.34. The summed E-state index contributed by atoms with van der Waals surface area (Å²) in [4.78, 5) is 25.6. The van der Waals surface area contributed by atoms with Crippen molar-refractivity contribution in [2.75, 3.05) is 4.72 Å². The van der Waals surface area contributed by atoms with Gasteiger partial charge in [-0.2, -0.15) is 5.26 Å². The van der Waals surface area contributed by atoms with Crippen LogP contribution < -0.4 is 16.0 Å². The van der Waals surface area contributed by atoms with Gasteiger partial charge in [-0.25, -0.2) is 13.2 Å². The van der Waals surface area contributed by atoms with Crippen molar-refractivity contribution in [3.8, 4) is 6.07 Å². The van der Waals surface area contributed by atoms with Crippen LogP contribution in [0, 0.1) is 11.3 Å². The third-order valence-corrected chi connectivity index (χ3v) is 3.73. The maximum atomic E-state index is 12.0. The van der Waals surface area contributed by atoms with Gasteiger partial charge in [-0.1, -0.05) is 0 Å². The van der Waals surface area contributed by atoms with Crippen molar-refractivity contribution < 1.29 is 8.42 Å². The first-order chi connectivity index (χ1) is 9.42. The summed E-state index contributed by atoms with van der Waals surface area (Å²) in [6, 6.07) is 7.51. The molecule has 9 heteroatoms. The number of aromatic nitrogens is 2. The van der Waals surface area contributed by atoms with E-state index < -0.39 is 26.2 Å². The van der Waals surface area contributed by atoms with E-state index in [0.29, 0.717) is 5.56 Å². The fourth-order valence-electron chi connectivity index (χ4n) is 1.42. The van der Waals surface area contributed by atoms with E-state index in [1.807, 2.05) is 11.1 Å². The second-order valence-corrected chi connectivity index (χ2v) is 5.38. The van der Waals surface area contributed by atoms with E-state index in [-0.39, 0.29) is 5.69 Å². The molecule has 2 rings (SSSR count). The molecule has 0 unspecified atom stereocenters. The lowest BCUT2D eigenvalue weighted by atomic mass is 10.2. The molecule has 0 aliphatic heterocycles. The highest BCUT2D eigenvalue weighted by atomic mass is 32.2. The Bertz CT molecular complexity index is 888. The molecule has 3 N–H and O–H groups in total. The van der Waals surface area contributed by atoms with E-state index in [4.69, 9.17) is 5.26 Å². The van der Waals surface area contributed by atoms with E-state index in [2.05, 4.69) is 9.71 Å². The quantitative estimate of drug-likeness (QED) is 0.715. The number of rotatable bonds is 3. The molecular formula is C11H8N4O4S. The number of H-pyrrole nitrogens is 2. The van der Waals surface area contributed by atoms with Gasteiger partial charge in [0.25, 0.3) is 15.6 Å². The Balaban J connectivity index is 2.38. The highest BCUT2D eigenvalue weighted by Crippen LogP contribution is 2.13. The zero-order valence-electron chi connectivity index (χ0n) is 9.88. The molecular weight excluding hydrogens is 284 g/mol. The molecule has 2 aromatic rings. The van der Waals surface area contributed by atoms with Crippen molar-refractivity contribution in [2.45, 2.75) is 4.90 Å². The predicted molar refractivity (Wildman–Crippen MR) is 69.6 cm³/mol. The Labute approximate surface area is 112 Å².